The third-order valence-electron chi connectivity index (χ3n) is 1.53. The summed E-state index contributed by atoms with van der Waals surface area (Å²) >= 11 is 5.01. The number of alkyl halides is 2. The molecule has 14 heavy (non-hydrogen) atoms. The molecule has 0 aliphatic heterocycles. The Bertz CT molecular complexity index is 430. The number of carbonyl (C=O) groups excluding carboxylic acids is 1. The van der Waals surface area contributed by atoms with Gasteiger partial charge in [-0.25, -0.2) is 8.78 Å². The van der Waals surface area contributed by atoms with Crippen LogP contribution < -0.4 is 11.3 Å². The van der Waals surface area contributed by atoms with E-state index in [0.717, 1.165) is 6.07 Å². The molecule has 1 heterocycles. The van der Waals surface area contributed by atoms with E-state index in [0.29, 0.717) is 0 Å². The lowest BCUT2D eigenvalue weighted by atomic mass is 10.2. The number of nitrogen functional groups attached to an aromatic ring is 1. The first-order chi connectivity index (χ1) is 6.43. The van der Waals surface area contributed by atoms with Crippen LogP contribution in [0.3, 0.4) is 0 Å². The number of halogens is 3. The minimum Gasteiger partial charge on any atom is -0.397 e. The third kappa shape index (κ3) is 1.90. The number of pyridine rings is 1. The van der Waals surface area contributed by atoms with E-state index in [2.05, 4.69) is 0 Å². The number of nitrogens with two attached hydrogens (primary N) is 1. The molecule has 0 saturated heterocycles. The fourth-order valence-electron chi connectivity index (χ4n) is 0.887. The Kier molecular flexibility index (Phi) is 2.85. The molecule has 76 valence electrons. The number of rotatable bonds is 2. The summed E-state index contributed by atoms with van der Waals surface area (Å²) in [6.07, 6.45) is -2.90. The second-order valence-electron chi connectivity index (χ2n) is 2.46. The minimum atomic E-state index is -2.90. The highest BCUT2D eigenvalue weighted by atomic mass is 35.5. The molecule has 0 saturated carbocycles. The maximum absolute atomic E-state index is 12.2. The summed E-state index contributed by atoms with van der Waals surface area (Å²) in [6, 6.07) is 0.829. The fourth-order valence-corrected chi connectivity index (χ4v) is 1.03. The number of H-pyrrole nitrogens is 1. The van der Waals surface area contributed by atoms with E-state index in [4.69, 9.17) is 17.3 Å². The lowest BCUT2D eigenvalue weighted by Gasteiger charge is -2.04. The maximum Gasteiger partial charge on any atom is 0.280 e. The SMILES string of the molecule is Nc1cc(C(=O)Cl)c(=O)[nH]c1C(F)F. The smallest absolute Gasteiger partial charge is 0.280 e. The predicted octanol–water partition coefficient (Wildman–Crippen LogP) is 1.27. The van der Waals surface area contributed by atoms with Crippen molar-refractivity contribution in [3.63, 3.8) is 0 Å². The zero-order valence-corrected chi connectivity index (χ0v) is 7.44. The van der Waals surface area contributed by atoms with Crippen LogP contribution in [0, 0.1) is 0 Å². The van der Waals surface area contributed by atoms with E-state index < -0.39 is 28.5 Å². The first-order valence-electron chi connectivity index (χ1n) is 3.44. The van der Waals surface area contributed by atoms with Gasteiger partial charge in [-0.15, -0.1) is 0 Å². The standard InChI is InChI=1S/C7H5ClF2N2O2/c8-5(13)2-1-3(11)4(6(9)10)12-7(2)14/h1,6H,11H2,(H,12,14). The Hall–Kier alpha value is -1.43. The number of hydrogen-bond acceptors (Lipinski definition) is 3. The summed E-state index contributed by atoms with van der Waals surface area (Å²) in [4.78, 5) is 23.4. The molecular formula is C7H5ClF2N2O2. The van der Waals surface area contributed by atoms with Crippen LogP contribution in [-0.4, -0.2) is 10.2 Å². The second kappa shape index (κ2) is 3.75. The van der Waals surface area contributed by atoms with Crippen molar-refractivity contribution in [3.8, 4) is 0 Å². The van der Waals surface area contributed by atoms with Crippen molar-refractivity contribution in [3.05, 3.63) is 27.7 Å². The van der Waals surface area contributed by atoms with Gasteiger partial charge in [-0.2, -0.15) is 0 Å². The highest BCUT2D eigenvalue weighted by Gasteiger charge is 2.16. The molecule has 0 spiro atoms. The van der Waals surface area contributed by atoms with E-state index in [1.807, 2.05) is 0 Å². The van der Waals surface area contributed by atoms with Gasteiger partial charge in [0.1, 0.15) is 11.3 Å². The van der Waals surface area contributed by atoms with Gasteiger partial charge in [-0.05, 0) is 17.7 Å². The normalized spacial score (nSPS) is 10.6. The Morgan fingerprint density at radius 1 is 1.57 bits per heavy atom. The van der Waals surface area contributed by atoms with Gasteiger partial charge in [-0.1, -0.05) is 0 Å². The monoisotopic (exact) mass is 222 g/mol. The van der Waals surface area contributed by atoms with E-state index >= 15 is 0 Å². The van der Waals surface area contributed by atoms with Gasteiger partial charge in [-0.3, -0.25) is 9.59 Å². The maximum atomic E-state index is 12.2. The molecule has 0 fully saturated rings. The Morgan fingerprint density at radius 3 is 2.57 bits per heavy atom. The quantitative estimate of drug-likeness (QED) is 0.740. The molecule has 3 N–H and O–H groups in total. The average molecular weight is 223 g/mol. The Labute approximate surface area is 81.7 Å². The molecule has 0 amide bonds. The van der Waals surface area contributed by atoms with Crippen LogP contribution in [0.4, 0.5) is 14.5 Å². The number of hydrogen-bond donors (Lipinski definition) is 2. The summed E-state index contributed by atoms with van der Waals surface area (Å²) < 4.78 is 24.3. The van der Waals surface area contributed by atoms with Crippen LogP contribution in [0.25, 0.3) is 0 Å². The summed E-state index contributed by atoms with van der Waals surface area (Å²) in [5, 5.41) is -1.04. The molecule has 0 aliphatic rings. The number of anilines is 1. The van der Waals surface area contributed by atoms with Crippen molar-refractivity contribution in [2.45, 2.75) is 6.43 Å². The molecule has 1 aromatic rings. The minimum absolute atomic E-state index is 0.372. The summed E-state index contributed by atoms with van der Waals surface area (Å²) in [7, 11) is 0. The van der Waals surface area contributed by atoms with Crippen molar-refractivity contribution in [2.75, 3.05) is 5.73 Å². The molecule has 7 heteroatoms. The van der Waals surface area contributed by atoms with Gasteiger partial charge < -0.3 is 10.7 Å². The van der Waals surface area contributed by atoms with E-state index in [9.17, 15) is 18.4 Å². The molecule has 0 aliphatic carbocycles. The molecule has 0 aromatic carbocycles. The molecule has 1 rings (SSSR count). The predicted molar refractivity (Wildman–Crippen MR) is 46.6 cm³/mol. The van der Waals surface area contributed by atoms with Crippen LogP contribution in [0.15, 0.2) is 10.9 Å². The lowest BCUT2D eigenvalue weighted by molar-refractivity contribution is 0.107. The zero-order valence-electron chi connectivity index (χ0n) is 6.68. The molecular weight excluding hydrogens is 218 g/mol. The van der Waals surface area contributed by atoms with Crippen molar-refractivity contribution < 1.29 is 13.6 Å². The van der Waals surface area contributed by atoms with Crippen LogP contribution in [0.2, 0.25) is 0 Å². The van der Waals surface area contributed by atoms with Crippen LogP contribution in [-0.2, 0) is 0 Å². The first-order valence-corrected chi connectivity index (χ1v) is 3.82. The first kappa shape index (κ1) is 10.6. The molecule has 0 unspecified atom stereocenters. The van der Waals surface area contributed by atoms with Gasteiger partial charge >= 0.3 is 0 Å². The number of carbonyl (C=O) groups is 1. The van der Waals surface area contributed by atoms with Crippen molar-refractivity contribution >= 4 is 22.5 Å². The highest BCUT2D eigenvalue weighted by Crippen LogP contribution is 2.21. The van der Waals surface area contributed by atoms with Crippen molar-refractivity contribution in [1.82, 2.24) is 4.98 Å². The van der Waals surface area contributed by atoms with Crippen molar-refractivity contribution in [2.24, 2.45) is 0 Å². The molecule has 0 atom stereocenters. The number of nitrogens with one attached hydrogen (secondary N) is 1. The zero-order chi connectivity index (χ0) is 10.9. The van der Waals surface area contributed by atoms with E-state index in [1.165, 1.54) is 0 Å². The van der Waals surface area contributed by atoms with Crippen molar-refractivity contribution in [1.29, 1.82) is 0 Å². The van der Waals surface area contributed by atoms with Crippen LogP contribution in [0.5, 0.6) is 0 Å². The molecule has 0 radical (unpaired) electrons. The number of aromatic amines is 1. The average Bonchev–Trinajstić information content (AvgIpc) is 2.07. The van der Waals surface area contributed by atoms with E-state index in [-0.39, 0.29) is 5.69 Å². The second-order valence-corrected chi connectivity index (χ2v) is 2.80. The van der Waals surface area contributed by atoms with Gasteiger partial charge in [0.15, 0.2) is 0 Å². The summed E-state index contributed by atoms with van der Waals surface area (Å²) in [5.74, 6) is 0. The highest BCUT2D eigenvalue weighted by molar-refractivity contribution is 6.67. The lowest BCUT2D eigenvalue weighted by Crippen LogP contribution is -2.18. The van der Waals surface area contributed by atoms with Crippen LogP contribution >= 0.6 is 11.6 Å². The van der Waals surface area contributed by atoms with Crippen LogP contribution in [0.1, 0.15) is 22.5 Å². The summed E-state index contributed by atoms with van der Waals surface area (Å²) in [5.41, 5.74) is 2.66. The third-order valence-corrected chi connectivity index (χ3v) is 1.74. The Morgan fingerprint density at radius 2 is 2.14 bits per heavy atom. The molecule has 0 bridgehead atoms. The van der Waals surface area contributed by atoms with Gasteiger partial charge in [0.05, 0.1) is 5.69 Å². The molecule has 1 aromatic heterocycles. The van der Waals surface area contributed by atoms with Gasteiger partial charge in [0.2, 0.25) is 0 Å². The van der Waals surface area contributed by atoms with E-state index in [1.54, 1.807) is 4.98 Å². The fraction of sp³-hybridized carbons (Fsp3) is 0.143. The molecule has 4 nitrogen and oxygen atoms in total. The summed E-state index contributed by atoms with van der Waals surface area (Å²) in [6.45, 7) is 0. The number of aromatic nitrogens is 1. The van der Waals surface area contributed by atoms with Gasteiger partial charge in [0, 0.05) is 0 Å². The largest absolute Gasteiger partial charge is 0.397 e. The van der Waals surface area contributed by atoms with Gasteiger partial charge in [0.25, 0.3) is 17.2 Å². The topological polar surface area (TPSA) is 76.0 Å². The Balaban J connectivity index is 3.39.